The van der Waals surface area contributed by atoms with Crippen molar-refractivity contribution < 1.29 is 22.1 Å². The molecule has 1 N–H and O–H groups in total. The van der Waals surface area contributed by atoms with E-state index >= 15 is 0 Å². The summed E-state index contributed by atoms with van der Waals surface area (Å²) in [6, 6.07) is 5.43. The number of aromatic amines is 1. The van der Waals surface area contributed by atoms with E-state index in [1.807, 2.05) is 0 Å². The van der Waals surface area contributed by atoms with Crippen LogP contribution in [0, 0.1) is 5.92 Å². The summed E-state index contributed by atoms with van der Waals surface area (Å²) in [4.78, 5) is 14.7. The Kier molecular flexibility index (Phi) is 7.29. The van der Waals surface area contributed by atoms with Gasteiger partial charge in [-0.25, -0.2) is 0 Å². The maximum Gasteiger partial charge on any atom is 0.301 e. The summed E-state index contributed by atoms with van der Waals surface area (Å²) in [6.07, 6.45) is 2.22. The number of halogens is 1. The molecule has 0 atom stereocenters. The van der Waals surface area contributed by atoms with Crippen LogP contribution < -0.4 is 14.9 Å². The average molecular weight is 416 g/mol. The monoisotopic (exact) mass is 415 g/mol. The van der Waals surface area contributed by atoms with Crippen molar-refractivity contribution in [3.8, 4) is 11.5 Å². The number of nitrogens with one attached hydrogen (secondary N) is 1. The fourth-order valence-electron chi connectivity index (χ4n) is 2.15. The van der Waals surface area contributed by atoms with Crippen LogP contribution in [0.15, 0.2) is 40.2 Å². The third-order valence-electron chi connectivity index (χ3n) is 3.65. The molecule has 0 aliphatic carbocycles. The number of hydrogen-bond donors (Lipinski definition) is 1. The van der Waals surface area contributed by atoms with Crippen molar-refractivity contribution in [2.75, 3.05) is 13.7 Å². The summed E-state index contributed by atoms with van der Waals surface area (Å²) in [5.41, 5.74) is -0.0605. The first-order valence-electron chi connectivity index (χ1n) is 8.30. The first-order valence-corrected chi connectivity index (χ1v) is 10.1. The van der Waals surface area contributed by atoms with Crippen LogP contribution >= 0.6 is 11.6 Å². The first kappa shape index (κ1) is 21.3. The maximum absolute atomic E-state index is 12.4. The Hall–Kier alpha value is -2.03. The van der Waals surface area contributed by atoms with Gasteiger partial charge in [0.2, 0.25) is 5.43 Å². The highest BCUT2D eigenvalue weighted by atomic mass is 35.5. The van der Waals surface area contributed by atoms with Gasteiger partial charge >= 0.3 is 10.1 Å². The molecule has 7 nitrogen and oxygen atoms in total. The van der Waals surface area contributed by atoms with E-state index in [4.69, 9.17) is 25.3 Å². The molecular weight excluding hydrogens is 394 g/mol. The fraction of sp³-hybridized carbons (Fsp3) is 0.389. The molecule has 0 bridgehead atoms. The van der Waals surface area contributed by atoms with E-state index in [9.17, 15) is 13.2 Å². The van der Waals surface area contributed by atoms with Gasteiger partial charge in [0, 0.05) is 23.0 Å². The van der Waals surface area contributed by atoms with Gasteiger partial charge in [-0.1, -0.05) is 25.4 Å². The average Bonchev–Trinajstić information content (AvgIpc) is 2.61. The van der Waals surface area contributed by atoms with Crippen LogP contribution in [0.2, 0.25) is 5.02 Å². The van der Waals surface area contributed by atoms with Crippen LogP contribution in [0.5, 0.6) is 11.5 Å². The molecule has 1 aromatic heterocycles. The Morgan fingerprint density at radius 2 is 1.93 bits per heavy atom. The molecule has 1 aromatic carbocycles. The minimum absolute atomic E-state index is 0.113. The lowest BCUT2D eigenvalue weighted by atomic mass is 10.1. The largest absolute Gasteiger partial charge is 0.495 e. The lowest BCUT2D eigenvalue weighted by Crippen LogP contribution is -2.13. The van der Waals surface area contributed by atoms with Gasteiger partial charge in [-0.2, -0.15) is 8.42 Å². The summed E-state index contributed by atoms with van der Waals surface area (Å²) in [5.74, 6) is 0.756. The Labute approximate surface area is 163 Å². The molecule has 0 fully saturated rings. The highest BCUT2D eigenvalue weighted by Gasteiger charge is 2.21. The van der Waals surface area contributed by atoms with Crippen LogP contribution in [-0.2, 0) is 20.9 Å². The standard InChI is InChI=1S/C18H22ClNO6S/c1-12(2)6-7-25-17-10-20-14(9-15(17)21)11-26-27(22,23)18-8-13(19)4-5-16(18)24-3/h4-5,8-10,12H,6-7,11H2,1-3H3,(H,20,21). The van der Waals surface area contributed by atoms with Crippen molar-refractivity contribution in [3.63, 3.8) is 0 Å². The zero-order chi connectivity index (χ0) is 20.0. The Bertz CT molecular complexity index is 939. The number of rotatable bonds is 9. The predicted molar refractivity (Wildman–Crippen MR) is 102 cm³/mol. The molecule has 2 rings (SSSR count). The maximum atomic E-state index is 12.4. The van der Waals surface area contributed by atoms with Crippen molar-refractivity contribution in [2.24, 2.45) is 5.92 Å². The molecule has 148 valence electrons. The Morgan fingerprint density at radius 3 is 2.56 bits per heavy atom. The lowest BCUT2D eigenvalue weighted by molar-refractivity contribution is 0.283. The molecule has 0 aliphatic rings. The zero-order valence-electron chi connectivity index (χ0n) is 15.3. The summed E-state index contributed by atoms with van der Waals surface area (Å²) in [6.45, 7) is 4.20. The molecule has 0 saturated carbocycles. The third kappa shape index (κ3) is 5.98. The van der Waals surface area contributed by atoms with Crippen molar-refractivity contribution >= 4 is 21.7 Å². The normalized spacial score (nSPS) is 11.6. The molecule has 0 saturated heterocycles. The second kappa shape index (κ2) is 9.25. The molecule has 0 spiro atoms. The van der Waals surface area contributed by atoms with Gasteiger partial charge in [0.15, 0.2) is 5.75 Å². The minimum Gasteiger partial charge on any atom is -0.495 e. The van der Waals surface area contributed by atoms with Crippen LogP contribution in [0.3, 0.4) is 0 Å². The van der Waals surface area contributed by atoms with Crippen LogP contribution in [0.4, 0.5) is 0 Å². The molecule has 1 heterocycles. The summed E-state index contributed by atoms with van der Waals surface area (Å²) >= 11 is 5.86. The number of H-pyrrole nitrogens is 1. The quantitative estimate of drug-likeness (QED) is 0.631. The fourth-order valence-corrected chi connectivity index (χ4v) is 3.47. The highest BCUT2D eigenvalue weighted by molar-refractivity contribution is 7.86. The molecular formula is C18H22ClNO6S. The number of methoxy groups -OCH3 is 1. The Balaban J connectivity index is 2.09. The van der Waals surface area contributed by atoms with Crippen molar-refractivity contribution in [2.45, 2.75) is 31.8 Å². The second-order valence-corrected chi connectivity index (χ2v) is 8.25. The molecule has 0 unspecified atom stereocenters. The van der Waals surface area contributed by atoms with Gasteiger partial charge in [-0.15, -0.1) is 0 Å². The lowest BCUT2D eigenvalue weighted by Gasteiger charge is -2.11. The van der Waals surface area contributed by atoms with Gasteiger partial charge in [0.1, 0.15) is 17.3 Å². The minimum atomic E-state index is -4.13. The third-order valence-corrected chi connectivity index (χ3v) is 5.18. The van der Waals surface area contributed by atoms with Crippen molar-refractivity contribution in [3.05, 3.63) is 51.4 Å². The van der Waals surface area contributed by atoms with Gasteiger partial charge in [0.25, 0.3) is 0 Å². The van der Waals surface area contributed by atoms with Gasteiger partial charge in [-0.05, 0) is 30.5 Å². The molecule has 0 amide bonds. The summed E-state index contributed by atoms with van der Waals surface area (Å²) in [7, 11) is -2.79. The van der Waals surface area contributed by atoms with E-state index < -0.39 is 10.1 Å². The van der Waals surface area contributed by atoms with Gasteiger partial charge in [-0.3, -0.25) is 8.98 Å². The number of hydrogen-bond acceptors (Lipinski definition) is 6. The number of ether oxygens (including phenoxy) is 2. The van der Waals surface area contributed by atoms with Crippen molar-refractivity contribution in [1.82, 2.24) is 4.98 Å². The molecule has 9 heteroatoms. The molecule has 27 heavy (non-hydrogen) atoms. The highest BCUT2D eigenvalue weighted by Crippen LogP contribution is 2.28. The second-order valence-electron chi connectivity index (χ2n) is 6.23. The van der Waals surface area contributed by atoms with E-state index in [1.54, 1.807) is 0 Å². The van der Waals surface area contributed by atoms with Gasteiger partial charge < -0.3 is 14.5 Å². The van der Waals surface area contributed by atoms with E-state index in [-0.39, 0.29) is 33.5 Å². The van der Waals surface area contributed by atoms with Crippen LogP contribution in [0.25, 0.3) is 0 Å². The SMILES string of the molecule is COc1ccc(Cl)cc1S(=O)(=O)OCc1cc(=O)c(OCCC(C)C)c[nH]1. The van der Waals surface area contributed by atoms with E-state index in [0.29, 0.717) is 18.2 Å². The number of pyridine rings is 1. The number of benzene rings is 1. The Morgan fingerprint density at radius 1 is 1.19 bits per heavy atom. The van der Waals surface area contributed by atoms with Gasteiger partial charge in [0.05, 0.1) is 13.7 Å². The molecule has 0 radical (unpaired) electrons. The van der Waals surface area contributed by atoms with E-state index in [1.165, 1.54) is 37.6 Å². The van der Waals surface area contributed by atoms with Crippen LogP contribution in [0.1, 0.15) is 26.0 Å². The number of aromatic nitrogens is 1. The van der Waals surface area contributed by atoms with Crippen molar-refractivity contribution in [1.29, 1.82) is 0 Å². The summed E-state index contributed by atoms with van der Waals surface area (Å²) in [5, 5.41) is 0.231. The van der Waals surface area contributed by atoms with E-state index in [0.717, 1.165) is 6.42 Å². The molecule has 2 aromatic rings. The first-order chi connectivity index (χ1) is 12.7. The molecule has 0 aliphatic heterocycles. The smallest absolute Gasteiger partial charge is 0.301 e. The zero-order valence-corrected chi connectivity index (χ0v) is 16.9. The predicted octanol–water partition coefficient (Wildman–Crippen LogP) is 3.37. The van der Waals surface area contributed by atoms with Crippen LogP contribution in [-0.4, -0.2) is 27.1 Å². The topological polar surface area (TPSA) is 94.7 Å². The van der Waals surface area contributed by atoms with E-state index in [2.05, 4.69) is 18.8 Å². The summed E-state index contributed by atoms with van der Waals surface area (Å²) < 4.78 is 40.3.